The van der Waals surface area contributed by atoms with E-state index in [4.69, 9.17) is 9.15 Å². The third-order valence-electron chi connectivity index (χ3n) is 5.69. The minimum atomic E-state index is -0.863. The Morgan fingerprint density at radius 3 is 2.61 bits per heavy atom. The zero-order valence-corrected chi connectivity index (χ0v) is 16.8. The van der Waals surface area contributed by atoms with Crippen molar-refractivity contribution in [2.75, 3.05) is 19.8 Å². The zero-order valence-electron chi connectivity index (χ0n) is 16.8. The highest BCUT2D eigenvalue weighted by atomic mass is 16.5. The zero-order chi connectivity index (χ0) is 20.3. The standard InChI is InChI=1S/C22H29NO5/c1-13(2)17-10-18-16(12-28-20(18)8-14(17)3)9-21(24)23-11-19(22(25)26)15-4-6-27-7-5-15/h8,10,12-13,15,19H,4-7,9,11H2,1-3H3,(H,23,24)(H,25,26). The van der Waals surface area contributed by atoms with Crippen LogP contribution in [0.3, 0.4) is 0 Å². The summed E-state index contributed by atoms with van der Waals surface area (Å²) >= 11 is 0. The molecule has 0 aliphatic carbocycles. The molecule has 6 heteroatoms. The fraction of sp³-hybridized carbons (Fsp3) is 0.545. The number of carboxylic acids is 1. The molecule has 0 bridgehead atoms. The Morgan fingerprint density at radius 1 is 1.25 bits per heavy atom. The van der Waals surface area contributed by atoms with E-state index in [1.165, 1.54) is 11.1 Å². The molecule has 1 aromatic carbocycles. The van der Waals surface area contributed by atoms with Crippen molar-refractivity contribution in [2.45, 2.75) is 46.0 Å². The number of fused-ring (bicyclic) bond motifs is 1. The van der Waals surface area contributed by atoms with Crippen LogP contribution in [0.4, 0.5) is 0 Å². The molecule has 1 saturated heterocycles. The second-order valence-corrected chi connectivity index (χ2v) is 8.00. The quantitative estimate of drug-likeness (QED) is 0.757. The SMILES string of the molecule is Cc1cc2occ(CC(=O)NCC(C(=O)O)C3CCOCC3)c2cc1C(C)C. The summed E-state index contributed by atoms with van der Waals surface area (Å²) in [5.74, 6) is -1.20. The first-order valence-corrected chi connectivity index (χ1v) is 9.94. The molecule has 1 aromatic heterocycles. The first-order chi connectivity index (χ1) is 13.4. The van der Waals surface area contributed by atoms with Gasteiger partial charge in [0.05, 0.1) is 18.6 Å². The predicted octanol–water partition coefficient (Wildman–Crippen LogP) is 3.65. The van der Waals surface area contributed by atoms with Crippen LogP contribution >= 0.6 is 0 Å². The van der Waals surface area contributed by atoms with Gasteiger partial charge in [0, 0.05) is 30.7 Å². The van der Waals surface area contributed by atoms with Crippen LogP contribution in [0.15, 0.2) is 22.8 Å². The summed E-state index contributed by atoms with van der Waals surface area (Å²) in [5.41, 5.74) is 4.01. The maximum Gasteiger partial charge on any atom is 0.308 e. The highest BCUT2D eigenvalue weighted by molar-refractivity contribution is 5.88. The molecule has 1 aliphatic heterocycles. The van der Waals surface area contributed by atoms with Gasteiger partial charge >= 0.3 is 5.97 Å². The van der Waals surface area contributed by atoms with E-state index in [-0.39, 0.29) is 24.8 Å². The summed E-state index contributed by atoms with van der Waals surface area (Å²) < 4.78 is 10.9. The smallest absolute Gasteiger partial charge is 0.308 e. The highest BCUT2D eigenvalue weighted by Gasteiger charge is 2.30. The summed E-state index contributed by atoms with van der Waals surface area (Å²) in [5, 5.41) is 13.3. The average Bonchev–Trinajstić information content (AvgIpc) is 3.03. The second kappa shape index (κ2) is 8.78. The van der Waals surface area contributed by atoms with E-state index in [9.17, 15) is 14.7 Å². The molecular formula is C22H29NO5. The Morgan fingerprint density at radius 2 is 1.96 bits per heavy atom. The van der Waals surface area contributed by atoms with Crippen molar-refractivity contribution in [1.82, 2.24) is 5.32 Å². The van der Waals surface area contributed by atoms with Crippen LogP contribution < -0.4 is 5.32 Å². The molecule has 2 heterocycles. The summed E-state index contributed by atoms with van der Waals surface area (Å²) in [4.78, 5) is 24.1. The number of carbonyl (C=O) groups is 2. The molecule has 0 spiro atoms. The van der Waals surface area contributed by atoms with E-state index in [0.29, 0.717) is 19.1 Å². The van der Waals surface area contributed by atoms with E-state index in [0.717, 1.165) is 29.4 Å². The fourth-order valence-electron chi connectivity index (χ4n) is 4.04. The molecule has 6 nitrogen and oxygen atoms in total. The van der Waals surface area contributed by atoms with Gasteiger partial charge in [0.2, 0.25) is 5.91 Å². The number of carboxylic acid groups (broad SMARTS) is 1. The van der Waals surface area contributed by atoms with Gasteiger partial charge in [0.15, 0.2) is 0 Å². The van der Waals surface area contributed by atoms with Crippen molar-refractivity contribution in [2.24, 2.45) is 11.8 Å². The number of aryl methyl sites for hydroxylation is 1. The normalized spacial score (nSPS) is 16.4. The van der Waals surface area contributed by atoms with Crippen molar-refractivity contribution in [3.05, 3.63) is 35.1 Å². The maximum absolute atomic E-state index is 12.5. The van der Waals surface area contributed by atoms with E-state index >= 15 is 0 Å². The van der Waals surface area contributed by atoms with E-state index < -0.39 is 11.9 Å². The number of aliphatic carboxylic acids is 1. The maximum atomic E-state index is 12.5. The number of amides is 1. The van der Waals surface area contributed by atoms with Crippen molar-refractivity contribution >= 4 is 22.8 Å². The lowest BCUT2D eigenvalue weighted by atomic mass is 9.86. The monoisotopic (exact) mass is 387 g/mol. The van der Waals surface area contributed by atoms with Gasteiger partial charge in [-0.3, -0.25) is 9.59 Å². The molecule has 1 atom stereocenters. The average molecular weight is 387 g/mol. The van der Waals surface area contributed by atoms with Gasteiger partial charge in [0.1, 0.15) is 5.58 Å². The van der Waals surface area contributed by atoms with Crippen LogP contribution in [0.2, 0.25) is 0 Å². The molecule has 1 aliphatic rings. The Hall–Kier alpha value is -2.34. The molecule has 1 amide bonds. The lowest BCUT2D eigenvalue weighted by molar-refractivity contribution is -0.144. The number of benzene rings is 1. The van der Waals surface area contributed by atoms with Crippen molar-refractivity contribution in [3.8, 4) is 0 Å². The van der Waals surface area contributed by atoms with Crippen LogP contribution in [0.1, 0.15) is 49.3 Å². The first-order valence-electron chi connectivity index (χ1n) is 9.94. The topological polar surface area (TPSA) is 88.8 Å². The van der Waals surface area contributed by atoms with E-state index in [1.807, 2.05) is 6.07 Å². The second-order valence-electron chi connectivity index (χ2n) is 8.00. The van der Waals surface area contributed by atoms with Crippen LogP contribution in [-0.2, 0) is 20.7 Å². The Bertz CT molecular complexity index is 848. The molecule has 152 valence electrons. The van der Waals surface area contributed by atoms with E-state index in [1.54, 1.807) is 6.26 Å². The van der Waals surface area contributed by atoms with Crippen LogP contribution in [-0.4, -0.2) is 36.7 Å². The minimum Gasteiger partial charge on any atom is -0.481 e. The third-order valence-corrected chi connectivity index (χ3v) is 5.69. The molecule has 2 N–H and O–H groups in total. The largest absolute Gasteiger partial charge is 0.481 e. The molecule has 1 unspecified atom stereocenters. The minimum absolute atomic E-state index is 0.0397. The molecule has 0 radical (unpaired) electrons. The van der Waals surface area contributed by atoms with Crippen LogP contribution in [0.25, 0.3) is 11.0 Å². The predicted molar refractivity (Wildman–Crippen MR) is 106 cm³/mol. The van der Waals surface area contributed by atoms with E-state index in [2.05, 4.69) is 32.2 Å². The first kappa shape index (κ1) is 20.4. The highest BCUT2D eigenvalue weighted by Crippen LogP contribution is 2.29. The number of hydrogen-bond acceptors (Lipinski definition) is 4. The van der Waals surface area contributed by atoms with Gasteiger partial charge in [0.25, 0.3) is 0 Å². The number of hydrogen-bond donors (Lipinski definition) is 2. The molecular weight excluding hydrogens is 358 g/mol. The number of carbonyl (C=O) groups excluding carboxylic acids is 1. The van der Waals surface area contributed by atoms with Gasteiger partial charge in [-0.1, -0.05) is 13.8 Å². The number of nitrogens with one attached hydrogen (secondary N) is 1. The van der Waals surface area contributed by atoms with Gasteiger partial charge in [-0.25, -0.2) is 0 Å². The third kappa shape index (κ3) is 4.55. The van der Waals surface area contributed by atoms with Gasteiger partial charge < -0.3 is 19.6 Å². The molecule has 2 aromatic rings. The van der Waals surface area contributed by atoms with Crippen LogP contribution in [0.5, 0.6) is 0 Å². The fourth-order valence-corrected chi connectivity index (χ4v) is 4.04. The van der Waals surface area contributed by atoms with Gasteiger partial charge in [-0.05, 0) is 54.9 Å². The Balaban J connectivity index is 1.67. The van der Waals surface area contributed by atoms with Crippen LogP contribution in [0, 0.1) is 18.8 Å². The van der Waals surface area contributed by atoms with Crippen molar-refractivity contribution in [3.63, 3.8) is 0 Å². The summed E-state index contributed by atoms with van der Waals surface area (Å²) in [7, 11) is 0. The summed E-state index contributed by atoms with van der Waals surface area (Å²) in [6.07, 6.45) is 3.24. The molecule has 0 saturated carbocycles. The van der Waals surface area contributed by atoms with Crippen molar-refractivity contribution in [1.29, 1.82) is 0 Å². The summed E-state index contributed by atoms with van der Waals surface area (Å²) in [6.45, 7) is 7.66. The van der Waals surface area contributed by atoms with Crippen molar-refractivity contribution < 1.29 is 23.8 Å². The molecule has 1 fully saturated rings. The molecule has 28 heavy (non-hydrogen) atoms. The number of furan rings is 1. The number of ether oxygens (including phenoxy) is 1. The lowest BCUT2D eigenvalue weighted by Gasteiger charge is -2.27. The summed E-state index contributed by atoms with van der Waals surface area (Å²) in [6, 6.07) is 4.11. The lowest BCUT2D eigenvalue weighted by Crippen LogP contribution is -2.39. The number of rotatable bonds is 7. The molecule has 3 rings (SSSR count). The van der Waals surface area contributed by atoms with Gasteiger partial charge in [-0.15, -0.1) is 0 Å². The van der Waals surface area contributed by atoms with Gasteiger partial charge in [-0.2, -0.15) is 0 Å². The Labute approximate surface area is 165 Å². The Kier molecular flexibility index (Phi) is 6.39.